The Morgan fingerprint density at radius 1 is 1.36 bits per heavy atom. The van der Waals surface area contributed by atoms with Crippen molar-refractivity contribution in [1.29, 1.82) is 0 Å². The number of hydrogen-bond donors (Lipinski definition) is 3. The highest BCUT2D eigenvalue weighted by Crippen LogP contribution is 2.39. The van der Waals surface area contributed by atoms with E-state index in [0.717, 1.165) is 13.0 Å². The van der Waals surface area contributed by atoms with Crippen molar-refractivity contribution in [3.63, 3.8) is 0 Å². The van der Waals surface area contributed by atoms with Crippen LogP contribution in [0.3, 0.4) is 0 Å². The van der Waals surface area contributed by atoms with E-state index in [9.17, 15) is 5.11 Å². The quantitative estimate of drug-likeness (QED) is 0.545. The summed E-state index contributed by atoms with van der Waals surface area (Å²) >= 11 is 0. The minimum atomic E-state index is 0.377. The Bertz CT molecular complexity index is 364. The van der Waals surface area contributed by atoms with E-state index < -0.39 is 0 Å². The number of anilines is 1. The monoisotopic (exact) mass is 190 g/mol. The predicted molar refractivity (Wildman–Crippen MR) is 55.5 cm³/mol. The van der Waals surface area contributed by atoms with Crippen LogP contribution in [0.15, 0.2) is 18.2 Å². The molecule has 0 spiro atoms. The lowest BCUT2D eigenvalue weighted by Crippen LogP contribution is -2.45. The van der Waals surface area contributed by atoms with E-state index >= 15 is 0 Å². The van der Waals surface area contributed by atoms with Gasteiger partial charge < -0.3 is 10.4 Å². The van der Waals surface area contributed by atoms with Crippen LogP contribution in [-0.2, 0) is 0 Å². The molecule has 2 aliphatic heterocycles. The lowest BCUT2D eigenvalue weighted by atomic mass is 9.84. The second-order valence-electron chi connectivity index (χ2n) is 4.14. The summed E-state index contributed by atoms with van der Waals surface area (Å²) in [4.78, 5) is 0. The fourth-order valence-corrected chi connectivity index (χ4v) is 2.52. The fraction of sp³-hybridized carbons (Fsp3) is 0.455. The zero-order valence-corrected chi connectivity index (χ0v) is 7.96. The van der Waals surface area contributed by atoms with Crippen molar-refractivity contribution in [2.45, 2.75) is 24.9 Å². The third kappa shape index (κ3) is 1.16. The maximum absolute atomic E-state index is 9.44. The third-order valence-corrected chi connectivity index (χ3v) is 3.21. The Kier molecular flexibility index (Phi) is 1.67. The largest absolute Gasteiger partial charge is 0.508 e. The minimum absolute atomic E-state index is 0.377. The highest BCUT2D eigenvalue weighted by Gasteiger charge is 2.29. The van der Waals surface area contributed by atoms with Gasteiger partial charge in [0.1, 0.15) is 5.75 Å². The van der Waals surface area contributed by atoms with Crippen LogP contribution in [0, 0.1) is 0 Å². The highest BCUT2D eigenvalue weighted by atomic mass is 16.3. The summed E-state index contributed by atoms with van der Waals surface area (Å²) in [6.07, 6.45) is 2.73. The number of fused-ring (bicyclic) bond motifs is 4. The van der Waals surface area contributed by atoms with Gasteiger partial charge in [-0.2, -0.15) is 0 Å². The van der Waals surface area contributed by atoms with Crippen LogP contribution >= 0.6 is 0 Å². The molecule has 0 aliphatic carbocycles. The zero-order valence-electron chi connectivity index (χ0n) is 7.96. The summed E-state index contributed by atoms with van der Waals surface area (Å²) in [5.41, 5.74) is 2.46. The number of piperidine rings is 1. The molecule has 1 saturated heterocycles. The summed E-state index contributed by atoms with van der Waals surface area (Å²) in [7, 11) is 0. The third-order valence-electron chi connectivity index (χ3n) is 3.21. The van der Waals surface area contributed by atoms with Gasteiger partial charge in [-0.05, 0) is 49.1 Å². The molecule has 0 unspecified atom stereocenters. The summed E-state index contributed by atoms with van der Waals surface area (Å²) in [5, 5.41) is 16.3. The van der Waals surface area contributed by atoms with Gasteiger partial charge in [-0.1, -0.05) is 0 Å². The Hall–Kier alpha value is -1.22. The molecule has 3 rings (SSSR count). The van der Waals surface area contributed by atoms with Crippen molar-refractivity contribution in [3.05, 3.63) is 23.8 Å². The van der Waals surface area contributed by atoms with Crippen molar-refractivity contribution in [3.8, 4) is 5.75 Å². The number of nitrogens with one attached hydrogen (secondary N) is 2. The van der Waals surface area contributed by atoms with Gasteiger partial charge in [0.05, 0.1) is 6.17 Å². The van der Waals surface area contributed by atoms with Gasteiger partial charge in [0, 0.05) is 5.69 Å². The molecular formula is C11H14N2O. The molecule has 0 saturated carbocycles. The first kappa shape index (κ1) is 8.12. The van der Waals surface area contributed by atoms with Crippen molar-refractivity contribution >= 4 is 5.69 Å². The first-order chi connectivity index (χ1) is 6.83. The fourth-order valence-electron chi connectivity index (χ4n) is 2.52. The molecule has 2 bridgehead atoms. The van der Waals surface area contributed by atoms with Crippen LogP contribution in [0.2, 0.25) is 0 Å². The molecule has 1 aromatic rings. The SMILES string of the molecule is Oc1ccc2c(c1)[C@@H]1CCN[C@@H](C1)N2. The summed E-state index contributed by atoms with van der Waals surface area (Å²) in [6, 6.07) is 5.61. The first-order valence-corrected chi connectivity index (χ1v) is 5.16. The molecule has 1 aromatic carbocycles. The van der Waals surface area contributed by atoms with Crippen LogP contribution in [0.25, 0.3) is 0 Å². The van der Waals surface area contributed by atoms with Gasteiger partial charge >= 0.3 is 0 Å². The number of rotatable bonds is 0. The lowest BCUT2D eigenvalue weighted by Gasteiger charge is -2.38. The van der Waals surface area contributed by atoms with Gasteiger partial charge in [-0.25, -0.2) is 0 Å². The van der Waals surface area contributed by atoms with Crippen molar-refractivity contribution in [2.75, 3.05) is 11.9 Å². The van der Waals surface area contributed by atoms with Crippen LogP contribution in [-0.4, -0.2) is 17.8 Å². The van der Waals surface area contributed by atoms with Crippen LogP contribution in [0.4, 0.5) is 5.69 Å². The first-order valence-electron chi connectivity index (χ1n) is 5.16. The number of hydrogen-bond acceptors (Lipinski definition) is 3. The van der Waals surface area contributed by atoms with Crippen LogP contribution < -0.4 is 10.6 Å². The number of phenols is 1. The van der Waals surface area contributed by atoms with E-state index in [1.165, 1.54) is 17.7 Å². The molecule has 2 atom stereocenters. The summed E-state index contributed by atoms with van der Waals surface area (Å²) in [5.74, 6) is 0.993. The van der Waals surface area contributed by atoms with Gasteiger partial charge in [-0.3, -0.25) is 5.32 Å². The second-order valence-corrected chi connectivity index (χ2v) is 4.14. The van der Waals surface area contributed by atoms with Crippen LogP contribution in [0.1, 0.15) is 24.3 Å². The lowest BCUT2D eigenvalue weighted by molar-refractivity contribution is 0.373. The molecule has 2 heterocycles. The van der Waals surface area contributed by atoms with E-state index in [1.807, 2.05) is 12.1 Å². The number of aromatic hydroxyl groups is 1. The average Bonchev–Trinajstić information content (AvgIpc) is 2.20. The maximum atomic E-state index is 9.44. The highest BCUT2D eigenvalue weighted by molar-refractivity contribution is 5.58. The van der Waals surface area contributed by atoms with Crippen molar-refractivity contribution in [2.24, 2.45) is 0 Å². The average molecular weight is 190 g/mol. The topological polar surface area (TPSA) is 44.3 Å². The molecule has 14 heavy (non-hydrogen) atoms. The Morgan fingerprint density at radius 2 is 2.29 bits per heavy atom. The molecule has 0 aromatic heterocycles. The van der Waals surface area contributed by atoms with Crippen molar-refractivity contribution < 1.29 is 5.11 Å². The number of benzene rings is 1. The zero-order chi connectivity index (χ0) is 9.54. The molecular weight excluding hydrogens is 176 g/mol. The van der Waals surface area contributed by atoms with E-state index in [1.54, 1.807) is 6.07 Å². The maximum Gasteiger partial charge on any atom is 0.116 e. The molecule has 2 aliphatic rings. The molecule has 1 fully saturated rings. The van der Waals surface area contributed by atoms with E-state index in [4.69, 9.17) is 0 Å². The van der Waals surface area contributed by atoms with Gasteiger partial charge in [-0.15, -0.1) is 0 Å². The minimum Gasteiger partial charge on any atom is -0.508 e. The Labute approximate surface area is 83.1 Å². The molecule has 3 N–H and O–H groups in total. The Morgan fingerprint density at radius 3 is 3.21 bits per heavy atom. The second kappa shape index (κ2) is 2.89. The van der Waals surface area contributed by atoms with Gasteiger partial charge in [0.2, 0.25) is 0 Å². The standard InChI is InChI=1S/C11H14N2O/c14-8-1-2-10-9(6-8)7-3-4-12-11(5-7)13-10/h1-2,6-7,11-14H,3-5H2/t7-,11-/m1/s1. The molecule has 3 heteroatoms. The van der Waals surface area contributed by atoms with Gasteiger partial charge in [0.25, 0.3) is 0 Å². The molecule has 0 radical (unpaired) electrons. The normalized spacial score (nSPS) is 29.1. The Balaban J connectivity index is 2.06. The van der Waals surface area contributed by atoms with Gasteiger partial charge in [0.15, 0.2) is 0 Å². The molecule has 74 valence electrons. The van der Waals surface area contributed by atoms with E-state index in [2.05, 4.69) is 10.6 Å². The van der Waals surface area contributed by atoms with E-state index in [0.29, 0.717) is 17.8 Å². The number of phenolic OH excluding ortho intramolecular Hbond substituents is 1. The van der Waals surface area contributed by atoms with Crippen molar-refractivity contribution in [1.82, 2.24) is 5.32 Å². The predicted octanol–water partition coefficient (Wildman–Crippen LogP) is 1.61. The smallest absolute Gasteiger partial charge is 0.116 e. The molecule has 3 nitrogen and oxygen atoms in total. The summed E-state index contributed by atoms with van der Waals surface area (Å²) < 4.78 is 0. The summed E-state index contributed by atoms with van der Waals surface area (Å²) in [6.45, 7) is 1.07. The van der Waals surface area contributed by atoms with Crippen LogP contribution in [0.5, 0.6) is 5.75 Å². The van der Waals surface area contributed by atoms with E-state index in [-0.39, 0.29) is 0 Å². The molecule has 0 amide bonds.